The molecule has 0 aliphatic rings. The molecular weight excluding hydrogens is 290 g/mol. The maximum Gasteiger partial charge on any atom is 0.293 e. The highest BCUT2D eigenvalue weighted by Crippen LogP contribution is 2.22. The Bertz CT molecular complexity index is 741. The summed E-state index contributed by atoms with van der Waals surface area (Å²) >= 11 is 5.96. The number of carbonyl (C=O) groups is 1. The van der Waals surface area contributed by atoms with E-state index in [1.54, 1.807) is 32.0 Å². The van der Waals surface area contributed by atoms with Crippen LogP contribution < -0.4 is 11.1 Å². The van der Waals surface area contributed by atoms with E-state index in [2.05, 4.69) is 22.1 Å². The number of nitrogens with one attached hydrogen (secondary N) is 1. The maximum atomic E-state index is 12.2. The molecule has 0 atom stereocenters. The van der Waals surface area contributed by atoms with Crippen LogP contribution in [-0.2, 0) is 0 Å². The van der Waals surface area contributed by atoms with Crippen LogP contribution in [0.1, 0.15) is 27.7 Å². The average Bonchev–Trinajstić information content (AvgIpc) is 2.77. The number of nitrogens with two attached hydrogens (primary N) is 1. The molecule has 5 nitrogen and oxygen atoms in total. The molecule has 0 bridgehead atoms. The fourth-order valence-corrected chi connectivity index (χ4v) is 1.97. The third kappa shape index (κ3) is 3.63. The second kappa shape index (κ2) is 6.44. The summed E-state index contributed by atoms with van der Waals surface area (Å²) in [6.07, 6.45) is 0. The molecule has 21 heavy (non-hydrogen) atoms. The molecule has 0 saturated heterocycles. The largest absolute Gasteiger partial charge is 0.436 e. The first-order chi connectivity index (χ1) is 10.0. The number of hydrogen-bond acceptors (Lipinski definition) is 4. The van der Waals surface area contributed by atoms with Crippen molar-refractivity contribution in [3.63, 3.8) is 0 Å². The van der Waals surface area contributed by atoms with Gasteiger partial charge in [-0.1, -0.05) is 23.4 Å². The number of nitrogens with zero attached hydrogens (tertiary/aromatic N) is 1. The molecule has 0 saturated carbocycles. The van der Waals surface area contributed by atoms with Crippen molar-refractivity contribution >= 4 is 23.2 Å². The fourth-order valence-electron chi connectivity index (χ4n) is 1.80. The predicted molar refractivity (Wildman–Crippen MR) is 81.3 cm³/mol. The lowest BCUT2D eigenvalue weighted by molar-refractivity contribution is 0.0994. The summed E-state index contributed by atoms with van der Waals surface area (Å²) in [5.41, 5.74) is 7.02. The van der Waals surface area contributed by atoms with Crippen LogP contribution in [0.15, 0.2) is 22.6 Å². The molecule has 1 aromatic carbocycles. The van der Waals surface area contributed by atoms with E-state index >= 15 is 0 Å². The molecule has 0 unspecified atom stereocenters. The second-order valence-electron chi connectivity index (χ2n) is 4.30. The van der Waals surface area contributed by atoms with Gasteiger partial charge in [0, 0.05) is 17.5 Å². The van der Waals surface area contributed by atoms with E-state index < -0.39 is 5.91 Å². The third-order valence-corrected chi connectivity index (χ3v) is 2.90. The van der Waals surface area contributed by atoms with Gasteiger partial charge in [0.15, 0.2) is 5.89 Å². The molecule has 2 rings (SSSR count). The van der Waals surface area contributed by atoms with Crippen LogP contribution in [0, 0.1) is 25.7 Å². The van der Waals surface area contributed by atoms with Gasteiger partial charge in [-0.15, -0.1) is 0 Å². The van der Waals surface area contributed by atoms with Crippen LogP contribution >= 0.6 is 11.6 Å². The van der Waals surface area contributed by atoms with Gasteiger partial charge < -0.3 is 15.5 Å². The number of carbonyl (C=O) groups excluding carboxylic acids is 1. The lowest BCUT2D eigenvalue weighted by atomic mass is 10.1. The van der Waals surface area contributed by atoms with Gasteiger partial charge in [0.05, 0.1) is 17.9 Å². The van der Waals surface area contributed by atoms with E-state index in [4.69, 9.17) is 21.8 Å². The van der Waals surface area contributed by atoms with Crippen molar-refractivity contribution in [2.24, 2.45) is 5.73 Å². The summed E-state index contributed by atoms with van der Waals surface area (Å²) in [5.74, 6) is 5.83. The topological polar surface area (TPSA) is 81.2 Å². The number of amides is 1. The van der Waals surface area contributed by atoms with Gasteiger partial charge in [0.2, 0.25) is 5.76 Å². The number of oxazole rings is 1. The average molecular weight is 304 g/mol. The Morgan fingerprint density at radius 2 is 2.24 bits per heavy atom. The molecule has 1 amide bonds. The van der Waals surface area contributed by atoms with Crippen LogP contribution in [-0.4, -0.2) is 17.4 Å². The monoisotopic (exact) mass is 303 g/mol. The molecule has 1 heterocycles. The predicted octanol–water partition coefficient (Wildman–Crippen LogP) is 2.51. The SMILES string of the molecule is Cc1nc(C)c(C(=O)Nc2cc(Cl)ccc2C#CCN)o1. The van der Waals surface area contributed by atoms with Crippen LogP contribution in [0.3, 0.4) is 0 Å². The van der Waals surface area contributed by atoms with Crippen LogP contribution in [0.25, 0.3) is 0 Å². The number of hydrogen-bond donors (Lipinski definition) is 2. The third-order valence-electron chi connectivity index (χ3n) is 2.66. The van der Waals surface area contributed by atoms with Gasteiger partial charge in [0.1, 0.15) is 0 Å². The zero-order valence-corrected chi connectivity index (χ0v) is 12.4. The fraction of sp³-hybridized carbons (Fsp3) is 0.200. The first-order valence-electron chi connectivity index (χ1n) is 6.25. The van der Waals surface area contributed by atoms with E-state index in [1.807, 2.05) is 0 Å². The Morgan fingerprint density at radius 1 is 1.48 bits per heavy atom. The highest BCUT2D eigenvalue weighted by molar-refractivity contribution is 6.31. The van der Waals surface area contributed by atoms with Crippen molar-refractivity contribution in [3.05, 3.63) is 46.1 Å². The van der Waals surface area contributed by atoms with Crippen molar-refractivity contribution in [2.75, 3.05) is 11.9 Å². The molecule has 108 valence electrons. The summed E-state index contributed by atoms with van der Waals surface area (Å²) in [6.45, 7) is 3.62. The van der Waals surface area contributed by atoms with Crippen molar-refractivity contribution in [2.45, 2.75) is 13.8 Å². The summed E-state index contributed by atoms with van der Waals surface area (Å²) in [6, 6.07) is 5.04. The standard InChI is InChI=1S/C15H14ClN3O2/c1-9-14(21-10(2)18-9)15(20)19-13-8-12(16)6-5-11(13)4-3-7-17/h5-6,8H,7,17H2,1-2H3,(H,19,20). The minimum absolute atomic E-state index is 0.171. The van der Waals surface area contributed by atoms with E-state index in [0.29, 0.717) is 27.9 Å². The van der Waals surface area contributed by atoms with Gasteiger partial charge in [-0.25, -0.2) is 4.98 Å². The van der Waals surface area contributed by atoms with Crippen molar-refractivity contribution in [3.8, 4) is 11.8 Å². The molecule has 0 spiro atoms. The highest BCUT2D eigenvalue weighted by atomic mass is 35.5. The first-order valence-corrected chi connectivity index (χ1v) is 6.63. The summed E-state index contributed by atoms with van der Waals surface area (Å²) < 4.78 is 5.29. The van der Waals surface area contributed by atoms with Crippen molar-refractivity contribution < 1.29 is 9.21 Å². The van der Waals surface area contributed by atoms with Gasteiger partial charge in [-0.05, 0) is 25.1 Å². The number of aryl methyl sites for hydroxylation is 2. The molecule has 3 N–H and O–H groups in total. The normalized spacial score (nSPS) is 9.90. The number of benzene rings is 1. The van der Waals surface area contributed by atoms with E-state index in [-0.39, 0.29) is 12.3 Å². The Labute approximate surface area is 127 Å². The highest BCUT2D eigenvalue weighted by Gasteiger charge is 2.17. The summed E-state index contributed by atoms with van der Waals surface area (Å²) in [7, 11) is 0. The second-order valence-corrected chi connectivity index (χ2v) is 4.73. The lowest BCUT2D eigenvalue weighted by Crippen LogP contribution is -2.13. The zero-order chi connectivity index (χ0) is 15.4. The molecular formula is C15H14ClN3O2. The van der Waals surface area contributed by atoms with Gasteiger partial charge >= 0.3 is 0 Å². The van der Waals surface area contributed by atoms with E-state index in [9.17, 15) is 4.79 Å². The maximum absolute atomic E-state index is 12.2. The zero-order valence-electron chi connectivity index (χ0n) is 11.7. The van der Waals surface area contributed by atoms with Crippen LogP contribution in [0.5, 0.6) is 0 Å². The number of halogens is 1. The quantitative estimate of drug-likeness (QED) is 0.835. The molecule has 2 aromatic rings. The molecule has 0 fully saturated rings. The van der Waals surface area contributed by atoms with E-state index in [0.717, 1.165) is 0 Å². The Kier molecular flexibility index (Phi) is 4.63. The summed E-state index contributed by atoms with van der Waals surface area (Å²) in [4.78, 5) is 16.3. The first kappa shape index (κ1) is 15.1. The Balaban J connectivity index is 2.32. The number of rotatable bonds is 2. The van der Waals surface area contributed by atoms with Crippen molar-refractivity contribution in [1.29, 1.82) is 0 Å². The number of anilines is 1. The summed E-state index contributed by atoms with van der Waals surface area (Å²) in [5, 5.41) is 3.22. The van der Waals surface area contributed by atoms with Crippen LogP contribution in [0.4, 0.5) is 5.69 Å². The molecule has 1 aromatic heterocycles. The van der Waals surface area contributed by atoms with Gasteiger partial charge in [-0.3, -0.25) is 4.79 Å². The smallest absolute Gasteiger partial charge is 0.293 e. The Hall–Kier alpha value is -2.29. The van der Waals surface area contributed by atoms with Gasteiger partial charge in [-0.2, -0.15) is 0 Å². The van der Waals surface area contributed by atoms with E-state index in [1.165, 1.54) is 0 Å². The minimum atomic E-state index is -0.397. The number of aromatic nitrogens is 1. The molecule has 0 radical (unpaired) electrons. The van der Waals surface area contributed by atoms with Gasteiger partial charge in [0.25, 0.3) is 5.91 Å². The molecule has 0 aliphatic heterocycles. The van der Waals surface area contributed by atoms with Crippen molar-refractivity contribution in [1.82, 2.24) is 4.98 Å². The molecule has 0 aliphatic carbocycles. The Morgan fingerprint density at radius 3 is 2.86 bits per heavy atom. The van der Waals surface area contributed by atoms with Crippen LogP contribution in [0.2, 0.25) is 5.02 Å². The molecule has 6 heteroatoms. The lowest BCUT2D eigenvalue weighted by Gasteiger charge is -2.07. The minimum Gasteiger partial charge on any atom is -0.436 e.